The first kappa shape index (κ1) is 32.2. The summed E-state index contributed by atoms with van der Waals surface area (Å²) < 4.78 is 5.92. The van der Waals surface area contributed by atoms with E-state index in [1.54, 1.807) is 55.5 Å². The summed E-state index contributed by atoms with van der Waals surface area (Å²) >= 11 is 7.00. The molecule has 3 amide bonds. The van der Waals surface area contributed by atoms with Crippen molar-refractivity contribution in [3.05, 3.63) is 161 Å². The molecule has 0 radical (unpaired) electrons. The second kappa shape index (κ2) is 15.2. The van der Waals surface area contributed by atoms with Gasteiger partial charge in [-0.15, -0.1) is 0 Å². The van der Waals surface area contributed by atoms with Crippen LogP contribution in [0.1, 0.15) is 29.9 Å². The third-order valence-corrected chi connectivity index (χ3v) is 8.15. The maximum absolute atomic E-state index is 13.9. The zero-order valence-electron chi connectivity index (χ0n) is 24.9. The predicted molar refractivity (Wildman–Crippen MR) is 185 cm³/mol. The number of halogens is 1. The zero-order valence-corrected chi connectivity index (χ0v) is 26.5. The summed E-state index contributed by atoms with van der Waals surface area (Å²) in [6, 6.07) is 29.4. The molecule has 1 aliphatic heterocycles. The van der Waals surface area contributed by atoms with Crippen molar-refractivity contribution in [1.29, 1.82) is 0 Å². The average Bonchev–Trinajstić information content (AvgIpc) is 3.55. The van der Waals surface area contributed by atoms with Crippen molar-refractivity contribution in [2.45, 2.75) is 13.0 Å². The number of nitrogens with one attached hydrogen (secondary N) is 1. The van der Waals surface area contributed by atoms with Crippen LogP contribution in [-0.4, -0.2) is 33.5 Å². The number of hydrogen-bond acceptors (Lipinski definition) is 5. The second-order valence-electron chi connectivity index (χ2n) is 10.0. The molecule has 1 aliphatic rings. The minimum absolute atomic E-state index is 0.0846. The minimum atomic E-state index is -0.733. The number of carbonyl (C=O) groups is 3. The summed E-state index contributed by atoms with van der Waals surface area (Å²) in [5.74, 6) is -0.849. The Kier molecular flexibility index (Phi) is 10.7. The molecular formula is C37H30ClN3O4S. The van der Waals surface area contributed by atoms with E-state index >= 15 is 0 Å². The van der Waals surface area contributed by atoms with Crippen LogP contribution < -0.4 is 5.32 Å². The van der Waals surface area contributed by atoms with Crippen LogP contribution in [0.25, 0.3) is 17.4 Å². The van der Waals surface area contributed by atoms with Crippen molar-refractivity contribution in [2.24, 2.45) is 4.99 Å². The molecule has 2 heterocycles. The second-order valence-corrected chi connectivity index (χ2v) is 11.4. The molecule has 1 N–H and O–H groups in total. The molecular weight excluding hydrogens is 618 g/mol. The van der Waals surface area contributed by atoms with Crippen LogP contribution in [0.5, 0.6) is 0 Å². The van der Waals surface area contributed by atoms with Crippen LogP contribution in [0.2, 0.25) is 5.02 Å². The molecule has 4 aromatic rings. The first-order valence-electron chi connectivity index (χ1n) is 14.4. The predicted octanol–water partition coefficient (Wildman–Crippen LogP) is 7.99. The van der Waals surface area contributed by atoms with E-state index in [2.05, 4.69) is 16.9 Å². The Hall–Kier alpha value is -5.18. The molecule has 9 heteroatoms. The van der Waals surface area contributed by atoms with Gasteiger partial charge in [0, 0.05) is 16.3 Å². The fourth-order valence-corrected chi connectivity index (χ4v) is 5.67. The quantitative estimate of drug-likeness (QED) is 0.107. The molecule has 0 unspecified atom stereocenters. The minimum Gasteiger partial charge on any atom is -0.457 e. The largest absolute Gasteiger partial charge is 0.457 e. The molecule has 0 atom stereocenters. The lowest BCUT2D eigenvalue weighted by Gasteiger charge is -2.28. The highest BCUT2D eigenvalue weighted by Gasteiger charge is 2.35. The molecule has 0 aliphatic carbocycles. The van der Waals surface area contributed by atoms with Gasteiger partial charge in [0.15, 0.2) is 5.17 Å². The number of rotatable bonds is 10. The van der Waals surface area contributed by atoms with Gasteiger partial charge in [0.2, 0.25) is 5.91 Å². The van der Waals surface area contributed by atoms with E-state index in [4.69, 9.17) is 16.0 Å². The van der Waals surface area contributed by atoms with E-state index in [1.807, 2.05) is 72.8 Å². The van der Waals surface area contributed by atoms with Crippen LogP contribution >= 0.6 is 23.4 Å². The normalized spacial score (nSPS) is 14.7. The fraction of sp³-hybridized carbons (Fsp3) is 0.0811. The monoisotopic (exact) mass is 647 g/mol. The first-order valence-corrected chi connectivity index (χ1v) is 15.8. The molecule has 7 nitrogen and oxygen atoms in total. The number of thioether (sulfide) groups is 1. The van der Waals surface area contributed by atoms with Crippen LogP contribution in [0, 0.1) is 0 Å². The third-order valence-electron chi connectivity index (χ3n) is 6.96. The van der Waals surface area contributed by atoms with E-state index in [0.29, 0.717) is 22.2 Å². The summed E-state index contributed by atoms with van der Waals surface area (Å²) in [6.45, 7) is 5.47. The number of allylic oxidation sites excluding steroid dienone is 4. The summed E-state index contributed by atoms with van der Waals surface area (Å²) in [5, 5.41) is 3.77. The zero-order chi connectivity index (χ0) is 32.5. The number of furan rings is 1. The van der Waals surface area contributed by atoms with E-state index in [-0.39, 0.29) is 28.4 Å². The van der Waals surface area contributed by atoms with E-state index < -0.39 is 11.8 Å². The van der Waals surface area contributed by atoms with Crippen LogP contribution in [0.4, 0.5) is 0 Å². The number of hydrogen-bond donors (Lipinski definition) is 1. The van der Waals surface area contributed by atoms with Crippen molar-refractivity contribution in [3.63, 3.8) is 0 Å². The van der Waals surface area contributed by atoms with Gasteiger partial charge in [0.25, 0.3) is 11.8 Å². The summed E-state index contributed by atoms with van der Waals surface area (Å²) in [4.78, 5) is 46.1. The molecule has 230 valence electrons. The van der Waals surface area contributed by atoms with Crippen molar-refractivity contribution >= 4 is 52.3 Å². The Morgan fingerprint density at radius 1 is 0.978 bits per heavy atom. The molecule has 0 spiro atoms. The Morgan fingerprint density at radius 2 is 1.63 bits per heavy atom. The fourth-order valence-electron chi connectivity index (χ4n) is 4.74. The van der Waals surface area contributed by atoms with Gasteiger partial charge in [-0.3, -0.25) is 19.3 Å². The van der Waals surface area contributed by atoms with Crippen LogP contribution in [0.15, 0.2) is 149 Å². The van der Waals surface area contributed by atoms with Crippen molar-refractivity contribution in [2.75, 3.05) is 5.75 Å². The number of aliphatic imine (C=N–C) groups is 1. The molecule has 0 bridgehead atoms. The van der Waals surface area contributed by atoms with Gasteiger partial charge in [0.05, 0.1) is 11.8 Å². The Balaban J connectivity index is 1.40. The van der Waals surface area contributed by atoms with Gasteiger partial charge in [0.1, 0.15) is 17.1 Å². The highest BCUT2D eigenvalue weighted by molar-refractivity contribution is 8.14. The SMILES string of the molecule is C=C/C=C\C(=C/C)N1C(=O)/C(=C/c2ccc(-c3ccc(Cl)cc3)o2)C(=O)N=C1SCC(=O)NC(c1ccccc1)c1ccccc1. The maximum atomic E-state index is 13.9. The highest BCUT2D eigenvalue weighted by atomic mass is 35.5. The van der Waals surface area contributed by atoms with Crippen molar-refractivity contribution in [1.82, 2.24) is 10.2 Å². The van der Waals surface area contributed by atoms with Gasteiger partial charge >= 0.3 is 0 Å². The number of amides is 3. The molecule has 3 aromatic carbocycles. The van der Waals surface area contributed by atoms with Gasteiger partial charge in [-0.1, -0.05) is 109 Å². The topological polar surface area (TPSA) is 92.0 Å². The van der Waals surface area contributed by atoms with E-state index in [9.17, 15) is 14.4 Å². The smallest absolute Gasteiger partial charge is 0.285 e. The molecule has 1 aromatic heterocycles. The lowest BCUT2D eigenvalue weighted by atomic mass is 9.99. The molecule has 0 saturated carbocycles. The molecule has 46 heavy (non-hydrogen) atoms. The number of amidine groups is 1. The molecule has 0 saturated heterocycles. The summed E-state index contributed by atoms with van der Waals surface area (Å²) in [5.41, 5.74) is 2.92. The van der Waals surface area contributed by atoms with Gasteiger partial charge in [-0.2, -0.15) is 4.99 Å². The van der Waals surface area contributed by atoms with E-state index in [1.165, 1.54) is 11.0 Å². The standard InChI is InChI=1S/C37H30ClN3O4S/c1-3-5-16-29(4-2)41-36(44)31(23-30-21-22-32(45-30)25-17-19-28(38)20-18-25)35(43)40-37(41)46-24-33(42)39-34(26-12-8-6-9-13-26)27-14-10-7-11-15-27/h3-23,34H,1,24H2,2H3,(H,39,42)/b16-5-,29-4+,31-23+. The van der Waals surface area contributed by atoms with Gasteiger partial charge in [-0.05, 0) is 66.6 Å². The van der Waals surface area contributed by atoms with Gasteiger partial charge < -0.3 is 9.73 Å². The Bertz CT molecular complexity index is 1820. The van der Waals surface area contributed by atoms with Crippen LogP contribution in [-0.2, 0) is 14.4 Å². The average molecular weight is 648 g/mol. The first-order chi connectivity index (χ1) is 22.4. The molecule has 0 fully saturated rings. The van der Waals surface area contributed by atoms with Gasteiger partial charge in [-0.25, -0.2) is 0 Å². The number of carbonyl (C=O) groups excluding carboxylic acids is 3. The van der Waals surface area contributed by atoms with E-state index in [0.717, 1.165) is 28.5 Å². The Morgan fingerprint density at radius 3 is 2.24 bits per heavy atom. The maximum Gasteiger partial charge on any atom is 0.285 e. The van der Waals surface area contributed by atoms with Crippen LogP contribution in [0.3, 0.4) is 0 Å². The highest BCUT2D eigenvalue weighted by Crippen LogP contribution is 2.29. The lowest BCUT2D eigenvalue weighted by Crippen LogP contribution is -2.42. The Labute approximate surface area is 276 Å². The third kappa shape index (κ3) is 7.72. The molecule has 5 rings (SSSR count). The summed E-state index contributed by atoms with van der Waals surface area (Å²) in [6.07, 6.45) is 8.02. The summed E-state index contributed by atoms with van der Waals surface area (Å²) in [7, 11) is 0. The van der Waals surface area contributed by atoms with Crippen molar-refractivity contribution in [3.8, 4) is 11.3 Å². The number of nitrogens with zero attached hydrogens (tertiary/aromatic N) is 2. The lowest BCUT2D eigenvalue weighted by molar-refractivity contribution is -0.126. The number of benzene rings is 3. The van der Waals surface area contributed by atoms with Crippen molar-refractivity contribution < 1.29 is 18.8 Å².